The minimum Gasteiger partial charge on any atom is -0.342 e. The number of aromatic nitrogens is 2. The molecule has 0 unspecified atom stereocenters. The number of aromatic amines is 1. The molecule has 0 bridgehead atoms. The van der Waals surface area contributed by atoms with Crippen molar-refractivity contribution in [3.8, 4) is 0 Å². The fourth-order valence-corrected chi connectivity index (χ4v) is 4.13. The quantitative estimate of drug-likeness (QED) is 0.831. The molecule has 29 heavy (non-hydrogen) atoms. The van der Waals surface area contributed by atoms with E-state index >= 15 is 0 Å². The molecule has 1 fully saturated rings. The van der Waals surface area contributed by atoms with Crippen LogP contribution in [0.5, 0.6) is 0 Å². The van der Waals surface area contributed by atoms with E-state index in [1.54, 1.807) is 0 Å². The van der Waals surface area contributed by atoms with Crippen LogP contribution in [0.3, 0.4) is 0 Å². The predicted molar refractivity (Wildman–Crippen MR) is 114 cm³/mol. The van der Waals surface area contributed by atoms with E-state index < -0.39 is 0 Å². The van der Waals surface area contributed by atoms with Crippen LogP contribution in [-0.2, 0) is 24.3 Å². The fourth-order valence-electron chi connectivity index (χ4n) is 4.13. The van der Waals surface area contributed by atoms with Crippen molar-refractivity contribution in [1.82, 2.24) is 14.9 Å². The Labute approximate surface area is 171 Å². The SMILES string of the molecule is CC(=O)Nc1ccc(CN2CCc3nc(N4CCC(C)CC4)[nH]c(=O)c3C2)cc1. The third-order valence-electron chi connectivity index (χ3n) is 5.90. The van der Waals surface area contributed by atoms with Gasteiger partial charge < -0.3 is 10.2 Å². The number of anilines is 2. The molecule has 4 rings (SSSR count). The van der Waals surface area contributed by atoms with Gasteiger partial charge in [-0.2, -0.15) is 0 Å². The Balaban J connectivity index is 1.43. The minimum atomic E-state index is -0.0736. The maximum atomic E-state index is 12.7. The number of benzene rings is 1. The molecular weight excluding hydrogens is 366 g/mol. The van der Waals surface area contributed by atoms with Crippen molar-refractivity contribution in [2.75, 3.05) is 29.9 Å². The molecule has 0 radical (unpaired) electrons. The van der Waals surface area contributed by atoms with Gasteiger partial charge in [-0.05, 0) is 36.5 Å². The number of carbonyl (C=O) groups is 1. The molecule has 2 aliphatic rings. The van der Waals surface area contributed by atoms with E-state index in [0.717, 1.165) is 79.8 Å². The Bertz CT molecular complexity index is 929. The fraction of sp³-hybridized carbons (Fsp3) is 0.500. The molecule has 0 aliphatic carbocycles. The molecule has 0 saturated carbocycles. The molecule has 2 aliphatic heterocycles. The summed E-state index contributed by atoms with van der Waals surface area (Å²) in [5, 5.41) is 2.78. The predicted octanol–water partition coefficient (Wildman–Crippen LogP) is 2.52. The lowest BCUT2D eigenvalue weighted by atomic mass is 9.99. The summed E-state index contributed by atoms with van der Waals surface area (Å²) in [4.78, 5) is 36.2. The van der Waals surface area contributed by atoms with Crippen molar-refractivity contribution in [3.05, 3.63) is 51.4 Å². The van der Waals surface area contributed by atoms with Crippen molar-refractivity contribution in [3.63, 3.8) is 0 Å². The van der Waals surface area contributed by atoms with Crippen LogP contribution in [0.4, 0.5) is 11.6 Å². The van der Waals surface area contributed by atoms with Crippen molar-refractivity contribution in [1.29, 1.82) is 0 Å². The van der Waals surface area contributed by atoms with Crippen molar-refractivity contribution in [2.45, 2.75) is 46.2 Å². The van der Waals surface area contributed by atoms with Gasteiger partial charge in [-0.3, -0.25) is 19.5 Å². The number of fused-ring (bicyclic) bond motifs is 1. The second-order valence-corrected chi connectivity index (χ2v) is 8.32. The van der Waals surface area contributed by atoms with Crippen LogP contribution < -0.4 is 15.8 Å². The van der Waals surface area contributed by atoms with E-state index in [9.17, 15) is 9.59 Å². The van der Waals surface area contributed by atoms with Crippen LogP contribution in [0.2, 0.25) is 0 Å². The van der Waals surface area contributed by atoms with Gasteiger partial charge in [0.05, 0.1) is 11.3 Å². The summed E-state index contributed by atoms with van der Waals surface area (Å²) in [6, 6.07) is 7.86. The summed E-state index contributed by atoms with van der Waals surface area (Å²) in [5.41, 5.74) is 3.69. The van der Waals surface area contributed by atoms with Gasteiger partial charge >= 0.3 is 0 Å². The highest BCUT2D eigenvalue weighted by molar-refractivity contribution is 5.88. The van der Waals surface area contributed by atoms with Crippen LogP contribution in [-0.4, -0.2) is 40.4 Å². The first-order chi connectivity index (χ1) is 14.0. The summed E-state index contributed by atoms with van der Waals surface area (Å²) in [6.45, 7) is 7.97. The summed E-state index contributed by atoms with van der Waals surface area (Å²) >= 11 is 0. The molecule has 0 spiro atoms. The normalized spacial score (nSPS) is 17.8. The number of piperidine rings is 1. The second kappa shape index (κ2) is 8.37. The van der Waals surface area contributed by atoms with Crippen molar-refractivity contribution in [2.24, 2.45) is 5.92 Å². The van der Waals surface area contributed by atoms with E-state index in [1.807, 2.05) is 24.3 Å². The van der Waals surface area contributed by atoms with Gasteiger partial charge in [0.1, 0.15) is 0 Å². The number of hydrogen-bond donors (Lipinski definition) is 2. The second-order valence-electron chi connectivity index (χ2n) is 8.32. The lowest BCUT2D eigenvalue weighted by Gasteiger charge is -2.32. The first kappa shape index (κ1) is 19.6. The van der Waals surface area contributed by atoms with Gasteiger partial charge in [0.15, 0.2) is 0 Å². The molecular formula is C22H29N5O2. The lowest BCUT2D eigenvalue weighted by molar-refractivity contribution is -0.114. The van der Waals surface area contributed by atoms with Crippen LogP contribution >= 0.6 is 0 Å². The van der Waals surface area contributed by atoms with E-state index in [-0.39, 0.29) is 11.5 Å². The molecule has 7 nitrogen and oxygen atoms in total. The zero-order chi connectivity index (χ0) is 20.4. The highest BCUT2D eigenvalue weighted by Gasteiger charge is 2.24. The Morgan fingerprint density at radius 2 is 1.93 bits per heavy atom. The van der Waals surface area contributed by atoms with E-state index in [1.165, 1.54) is 6.92 Å². The Hall–Kier alpha value is -2.67. The zero-order valence-electron chi connectivity index (χ0n) is 17.2. The number of hydrogen-bond acceptors (Lipinski definition) is 5. The highest BCUT2D eigenvalue weighted by atomic mass is 16.1. The van der Waals surface area contributed by atoms with E-state index in [4.69, 9.17) is 4.98 Å². The highest BCUT2D eigenvalue weighted by Crippen LogP contribution is 2.22. The van der Waals surface area contributed by atoms with Crippen molar-refractivity contribution < 1.29 is 4.79 Å². The molecule has 3 heterocycles. The third-order valence-corrected chi connectivity index (χ3v) is 5.90. The molecule has 0 atom stereocenters. The maximum absolute atomic E-state index is 12.7. The van der Waals surface area contributed by atoms with Gasteiger partial charge in [0, 0.05) is 51.8 Å². The molecule has 7 heteroatoms. The van der Waals surface area contributed by atoms with Gasteiger partial charge in [-0.25, -0.2) is 4.98 Å². The largest absolute Gasteiger partial charge is 0.342 e. The van der Waals surface area contributed by atoms with Gasteiger partial charge in [0.25, 0.3) is 5.56 Å². The van der Waals surface area contributed by atoms with Gasteiger partial charge in [-0.15, -0.1) is 0 Å². The Morgan fingerprint density at radius 3 is 2.62 bits per heavy atom. The number of nitrogens with zero attached hydrogens (tertiary/aromatic N) is 3. The summed E-state index contributed by atoms with van der Waals surface area (Å²) in [5.74, 6) is 1.41. The molecule has 2 N–H and O–H groups in total. The third kappa shape index (κ3) is 4.67. The first-order valence-electron chi connectivity index (χ1n) is 10.4. The number of amides is 1. The number of nitrogens with one attached hydrogen (secondary N) is 2. The summed E-state index contributed by atoms with van der Waals surface area (Å²) in [7, 11) is 0. The van der Waals surface area contributed by atoms with Crippen molar-refractivity contribution >= 4 is 17.5 Å². The Kier molecular flexibility index (Phi) is 5.67. The molecule has 1 aromatic heterocycles. The monoisotopic (exact) mass is 395 g/mol. The van der Waals surface area contributed by atoms with Gasteiger partial charge in [-0.1, -0.05) is 19.1 Å². The molecule has 1 aromatic carbocycles. The first-order valence-corrected chi connectivity index (χ1v) is 10.4. The number of rotatable bonds is 4. The maximum Gasteiger partial charge on any atom is 0.257 e. The van der Waals surface area contributed by atoms with Crippen LogP contribution in [0, 0.1) is 5.92 Å². The van der Waals surface area contributed by atoms with E-state index in [0.29, 0.717) is 6.54 Å². The zero-order valence-corrected chi connectivity index (χ0v) is 17.2. The Morgan fingerprint density at radius 1 is 1.21 bits per heavy atom. The standard InChI is InChI=1S/C22H29N5O2/c1-15-7-11-27(12-8-15)22-24-20-9-10-26(14-19(20)21(29)25-22)13-17-3-5-18(6-4-17)23-16(2)28/h3-6,15H,7-14H2,1-2H3,(H,23,28)(H,24,25,29). The van der Waals surface area contributed by atoms with Crippen LogP contribution in [0.15, 0.2) is 29.1 Å². The van der Waals surface area contributed by atoms with E-state index in [2.05, 4.69) is 27.0 Å². The lowest BCUT2D eigenvalue weighted by Crippen LogP contribution is -2.39. The topological polar surface area (TPSA) is 81.3 Å². The summed E-state index contributed by atoms with van der Waals surface area (Å²) < 4.78 is 0. The smallest absolute Gasteiger partial charge is 0.257 e. The molecule has 1 amide bonds. The van der Waals surface area contributed by atoms with Crippen LogP contribution in [0.25, 0.3) is 0 Å². The average Bonchev–Trinajstić information content (AvgIpc) is 2.70. The summed E-state index contributed by atoms with van der Waals surface area (Å²) in [6.07, 6.45) is 3.09. The average molecular weight is 396 g/mol. The van der Waals surface area contributed by atoms with Crippen LogP contribution in [0.1, 0.15) is 43.5 Å². The van der Waals surface area contributed by atoms with Gasteiger partial charge in [0.2, 0.25) is 11.9 Å². The minimum absolute atomic E-state index is 0.00525. The number of H-pyrrole nitrogens is 1. The molecule has 2 aromatic rings. The number of carbonyl (C=O) groups excluding carboxylic acids is 1. The molecule has 1 saturated heterocycles. The molecule has 154 valence electrons.